The molecule has 0 spiro atoms. The van der Waals surface area contributed by atoms with Crippen molar-refractivity contribution in [2.75, 3.05) is 0 Å². The molecule has 0 aliphatic rings. The number of aromatic amines is 1. The second-order valence-electron chi connectivity index (χ2n) is 2.51. The van der Waals surface area contributed by atoms with Crippen LogP contribution in [0, 0.1) is 5.82 Å². The van der Waals surface area contributed by atoms with Gasteiger partial charge in [0.2, 0.25) is 5.82 Å². The van der Waals surface area contributed by atoms with Crippen molar-refractivity contribution >= 4 is 11.6 Å². The summed E-state index contributed by atoms with van der Waals surface area (Å²) in [6, 6.07) is 0. The van der Waals surface area contributed by atoms with Crippen LogP contribution in [0.2, 0.25) is 5.15 Å². The summed E-state index contributed by atoms with van der Waals surface area (Å²) in [5.74, 6) is -1.12. The maximum Gasteiger partial charge on any atom is 0.329 e. The van der Waals surface area contributed by atoms with Gasteiger partial charge in [-0.3, -0.25) is 14.3 Å². The Hall–Kier alpha value is -1.10. The Morgan fingerprint density at radius 3 is 2.69 bits per heavy atom. The van der Waals surface area contributed by atoms with Crippen LogP contribution >= 0.6 is 11.6 Å². The molecule has 0 saturated heterocycles. The van der Waals surface area contributed by atoms with E-state index in [4.69, 9.17) is 11.6 Å². The van der Waals surface area contributed by atoms with Gasteiger partial charge in [-0.05, 0) is 6.42 Å². The van der Waals surface area contributed by atoms with Crippen LogP contribution in [-0.4, -0.2) is 9.55 Å². The average molecular weight is 207 g/mol. The van der Waals surface area contributed by atoms with E-state index in [-0.39, 0.29) is 6.54 Å². The highest BCUT2D eigenvalue weighted by Crippen LogP contribution is 2.02. The standard InChI is InChI=1S/C7H8ClFN2O2/c1-2-3-11-6(12)4(9)5(8)10-7(11)13/h2-3H2,1H3,(H,10,13). The molecule has 72 valence electrons. The molecule has 0 aliphatic carbocycles. The Morgan fingerprint density at radius 2 is 2.15 bits per heavy atom. The summed E-state index contributed by atoms with van der Waals surface area (Å²) in [5, 5.41) is -0.539. The summed E-state index contributed by atoms with van der Waals surface area (Å²) < 4.78 is 13.6. The van der Waals surface area contributed by atoms with Gasteiger partial charge in [-0.15, -0.1) is 0 Å². The van der Waals surface area contributed by atoms with E-state index in [1.165, 1.54) is 0 Å². The molecule has 1 aromatic rings. The zero-order valence-electron chi connectivity index (χ0n) is 6.93. The molecule has 0 saturated carbocycles. The molecule has 0 radical (unpaired) electrons. The third kappa shape index (κ3) is 1.80. The van der Waals surface area contributed by atoms with Crippen molar-refractivity contribution in [2.45, 2.75) is 19.9 Å². The molecule has 0 atom stereocenters. The second-order valence-corrected chi connectivity index (χ2v) is 2.89. The average Bonchev–Trinajstić information content (AvgIpc) is 2.09. The highest BCUT2D eigenvalue weighted by atomic mass is 35.5. The molecule has 0 unspecified atom stereocenters. The van der Waals surface area contributed by atoms with Crippen molar-refractivity contribution in [2.24, 2.45) is 0 Å². The lowest BCUT2D eigenvalue weighted by atomic mass is 10.4. The summed E-state index contributed by atoms with van der Waals surface area (Å²) in [6.07, 6.45) is 0.573. The molecule has 0 aliphatic heterocycles. The fourth-order valence-electron chi connectivity index (χ4n) is 0.948. The van der Waals surface area contributed by atoms with Crippen LogP contribution in [0.3, 0.4) is 0 Å². The topological polar surface area (TPSA) is 54.9 Å². The number of halogens is 2. The van der Waals surface area contributed by atoms with E-state index >= 15 is 0 Å². The summed E-state index contributed by atoms with van der Waals surface area (Å²) in [7, 11) is 0. The summed E-state index contributed by atoms with van der Waals surface area (Å²) in [5.41, 5.74) is -1.66. The third-order valence-corrected chi connectivity index (χ3v) is 1.80. The molecule has 1 heterocycles. The van der Waals surface area contributed by atoms with Gasteiger partial charge in [0.05, 0.1) is 0 Å². The third-order valence-electron chi connectivity index (χ3n) is 1.53. The summed E-state index contributed by atoms with van der Waals surface area (Å²) in [4.78, 5) is 24.2. The van der Waals surface area contributed by atoms with Crippen molar-refractivity contribution in [1.29, 1.82) is 0 Å². The zero-order chi connectivity index (χ0) is 10.0. The minimum atomic E-state index is -1.12. The second kappa shape index (κ2) is 3.74. The van der Waals surface area contributed by atoms with Crippen LogP contribution in [0.25, 0.3) is 0 Å². The van der Waals surface area contributed by atoms with Gasteiger partial charge in [-0.2, -0.15) is 4.39 Å². The van der Waals surface area contributed by atoms with Gasteiger partial charge in [-0.1, -0.05) is 18.5 Å². The van der Waals surface area contributed by atoms with E-state index in [1.807, 2.05) is 4.98 Å². The molecule has 1 rings (SSSR count). The molecule has 13 heavy (non-hydrogen) atoms. The van der Waals surface area contributed by atoms with Crippen molar-refractivity contribution in [3.63, 3.8) is 0 Å². The van der Waals surface area contributed by atoms with Crippen LogP contribution in [0.5, 0.6) is 0 Å². The maximum atomic E-state index is 12.9. The Labute approximate surface area is 78.0 Å². The largest absolute Gasteiger partial charge is 0.329 e. The van der Waals surface area contributed by atoms with Gasteiger partial charge in [0.15, 0.2) is 5.15 Å². The van der Waals surface area contributed by atoms with Crippen LogP contribution in [0.4, 0.5) is 4.39 Å². The molecule has 1 N–H and O–H groups in total. The monoisotopic (exact) mass is 206 g/mol. The van der Waals surface area contributed by atoms with Crippen LogP contribution in [0.1, 0.15) is 13.3 Å². The first-order valence-electron chi connectivity index (χ1n) is 3.76. The molecule has 0 aromatic carbocycles. The van der Waals surface area contributed by atoms with Gasteiger partial charge in [-0.25, -0.2) is 4.79 Å². The normalized spacial score (nSPS) is 10.4. The van der Waals surface area contributed by atoms with Gasteiger partial charge >= 0.3 is 5.69 Å². The fraction of sp³-hybridized carbons (Fsp3) is 0.429. The Bertz CT molecular complexity index is 423. The van der Waals surface area contributed by atoms with Gasteiger partial charge in [0.1, 0.15) is 0 Å². The molecular weight excluding hydrogens is 199 g/mol. The molecule has 0 amide bonds. The van der Waals surface area contributed by atoms with Crippen LogP contribution in [-0.2, 0) is 6.54 Å². The van der Waals surface area contributed by atoms with E-state index in [0.29, 0.717) is 6.42 Å². The number of rotatable bonds is 2. The molecule has 0 bridgehead atoms. The smallest absolute Gasteiger partial charge is 0.295 e. The molecule has 4 nitrogen and oxygen atoms in total. The summed E-state index contributed by atoms with van der Waals surface area (Å²) >= 11 is 5.25. The Balaban J connectivity index is 3.45. The number of aromatic nitrogens is 2. The molecular formula is C7H8ClFN2O2. The van der Waals surface area contributed by atoms with Gasteiger partial charge < -0.3 is 0 Å². The molecule has 6 heteroatoms. The van der Waals surface area contributed by atoms with Crippen LogP contribution in [0.15, 0.2) is 9.59 Å². The molecule has 1 aromatic heterocycles. The van der Waals surface area contributed by atoms with E-state index in [2.05, 4.69) is 0 Å². The lowest BCUT2D eigenvalue weighted by Gasteiger charge is -2.01. The van der Waals surface area contributed by atoms with Crippen molar-refractivity contribution < 1.29 is 4.39 Å². The van der Waals surface area contributed by atoms with E-state index < -0.39 is 22.2 Å². The van der Waals surface area contributed by atoms with Crippen LogP contribution < -0.4 is 11.2 Å². The summed E-state index contributed by atoms with van der Waals surface area (Å²) in [6.45, 7) is 1.96. The minimum Gasteiger partial charge on any atom is -0.295 e. The lowest BCUT2D eigenvalue weighted by Crippen LogP contribution is -2.37. The van der Waals surface area contributed by atoms with E-state index in [9.17, 15) is 14.0 Å². The number of nitrogens with zero attached hydrogens (tertiary/aromatic N) is 1. The SMILES string of the molecule is CCCn1c(=O)[nH]c(Cl)c(F)c1=O. The lowest BCUT2D eigenvalue weighted by molar-refractivity contribution is 0.534. The first kappa shape index (κ1) is 9.98. The van der Waals surface area contributed by atoms with Crippen molar-refractivity contribution in [1.82, 2.24) is 9.55 Å². The highest BCUT2D eigenvalue weighted by molar-refractivity contribution is 6.29. The predicted octanol–water partition coefficient (Wildman–Crippen LogP) is 0.739. The molecule has 0 fully saturated rings. The van der Waals surface area contributed by atoms with Gasteiger partial charge in [0.25, 0.3) is 5.56 Å². The highest BCUT2D eigenvalue weighted by Gasteiger charge is 2.10. The number of nitrogens with one attached hydrogen (secondary N) is 1. The number of hydrogen-bond acceptors (Lipinski definition) is 2. The van der Waals surface area contributed by atoms with Crippen molar-refractivity contribution in [3.8, 4) is 0 Å². The van der Waals surface area contributed by atoms with Crippen molar-refractivity contribution in [3.05, 3.63) is 31.8 Å². The zero-order valence-corrected chi connectivity index (χ0v) is 7.69. The maximum absolute atomic E-state index is 12.9. The fourth-order valence-corrected chi connectivity index (χ4v) is 1.11. The van der Waals surface area contributed by atoms with E-state index in [1.54, 1.807) is 6.92 Å². The number of H-pyrrole nitrogens is 1. The Kier molecular flexibility index (Phi) is 2.87. The van der Waals surface area contributed by atoms with Gasteiger partial charge in [0, 0.05) is 6.54 Å². The minimum absolute atomic E-state index is 0.183. The Morgan fingerprint density at radius 1 is 1.54 bits per heavy atom. The predicted molar refractivity (Wildman–Crippen MR) is 46.6 cm³/mol. The first-order chi connectivity index (χ1) is 6.07. The van der Waals surface area contributed by atoms with E-state index in [0.717, 1.165) is 4.57 Å². The first-order valence-corrected chi connectivity index (χ1v) is 4.13. The number of hydrogen-bond donors (Lipinski definition) is 1. The quantitative estimate of drug-likeness (QED) is 0.726.